The van der Waals surface area contributed by atoms with Crippen LogP contribution in [-0.2, 0) is 4.74 Å². The van der Waals surface area contributed by atoms with Crippen molar-refractivity contribution in [2.24, 2.45) is 0 Å². The van der Waals surface area contributed by atoms with Crippen molar-refractivity contribution in [1.82, 2.24) is 29.5 Å². The predicted molar refractivity (Wildman–Crippen MR) is 118 cm³/mol. The molecule has 6 rings (SSSR count). The van der Waals surface area contributed by atoms with Crippen molar-refractivity contribution >= 4 is 28.4 Å². The molecule has 2 fully saturated rings. The average Bonchev–Trinajstić information content (AvgIpc) is 3.37. The number of amides is 1. The first kappa shape index (κ1) is 19.2. The van der Waals surface area contributed by atoms with Gasteiger partial charge in [-0.1, -0.05) is 0 Å². The molecule has 1 saturated carbocycles. The molecule has 32 heavy (non-hydrogen) atoms. The van der Waals surface area contributed by atoms with Crippen LogP contribution in [0.1, 0.15) is 29.2 Å². The highest BCUT2D eigenvalue weighted by atomic mass is 16.5. The Bertz CT molecular complexity index is 1340. The van der Waals surface area contributed by atoms with E-state index < -0.39 is 6.10 Å². The number of fused-ring (bicyclic) bond motifs is 2. The number of aromatic nitrogens is 5. The minimum atomic E-state index is -0.494. The topological polar surface area (TPSA) is 119 Å². The maximum absolute atomic E-state index is 12.9. The molecule has 164 valence electrons. The highest BCUT2D eigenvalue weighted by Gasteiger charge is 2.31. The molecule has 1 aliphatic heterocycles. The second kappa shape index (κ2) is 7.28. The molecule has 3 N–H and O–H groups in total. The van der Waals surface area contributed by atoms with Crippen LogP contribution < -0.4 is 10.6 Å². The lowest BCUT2D eigenvalue weighted by Crippen LogP contribution is -2.50. The first-order valence-electron chi connectivity index (χ1n) is 10.7. The van der Waals surface area contributed by atoms with Gasteiger partial charge in [0.2, 0.25) is 0 Å². The molecule has 0 radical (unpaired) electrons. The van der Waals surface area contributed by atoms with E-state index in [0.717, 1.165) is 28.7 Å². The van der Waals surface area contributed by atoms with Crippen LogP contribution in [0.15, 0.2) is 36.8 Å². The number of nitrogens with one attached hydrogen (secondary N) is 2. The van der Waals surface area contributed by atoms with Crippen molar-refractivity contribution in [3.05, 3.63) is 42.4 Å². The minimum Gasteiger partial charge on any atom is -0.391 e. The quantitative estimate of drug-likeness (QED) is 0.438. The molecule has 10 nitrogen and oxygen atoms in total. The summed E-state index contributed by atoms with van der Waals surface area (Å²) in [6, 6.07) is 5.88. The van der Waals surface area contributed by atoms with Crippen LogP contribution in [0.2, 0.25) is 0 Å². The van der Waals surface area contributed by atoms with Crippen LogP contribution >= 0.6 is 0 Å². The third kappa shape index (κ3) is 2.87. The van der Waals surface area contributed by atoms with Crippen molar-refractivity contribution in [1.29, 1.82) is 0 Å². The second-order valence-electron chi connectivity index (χ2n) is 8.31. The number of ether oxygens (including phenoxy) is 1. The molecule has 10 heteroatoms. The highest BCUT2D eigenvalue weighted by Crippen LogP contribution is 2.34. The lowest BCUT2D eigenvalue weighted by Gasteiger charge is -2.32. The van der Waals surface area contributed by atoms with Gasteiger partial charge in [0.15, 0.2) is 5.65 Å². The van der Waals surface area contributed by atoms with Gasteiger partial charge in [-0.2, -0.15) is 9.61 Å². The zero-order valence-corrected chi connectivity index (χ0v) is 17.5. The highest BCUT2D eigenvalue weighted by molar-refractivity contribution is 6.01. The van der Waals surface area contributed by atoms with Gasteiger partial charge in [-0.3, -0.25) is 4.79 Å². The Morgan fingerprint density at radius 2 is 2.16 bits per heavy atom. The molecule has 1 aliphatic carbocycles. The van der Waals surface area contributed by atoms with E-state index in [-0.39, 0.29) is 18.0 Å². The van der Waals surface area contributed by atoms with E-state index in [1.165, 1.54) is 6.20 Å². The SMILES string of the molecule is CNc1cc(-c2cn(C3COC3)c3ncccc23)nc2c(C(=O)NC3CC[C@H]3O)cnn12. The lowest BCUT2D eigenvalue weighted by atomic mass is 9.89. The zero-order chi connectivity index (χ0) is 21.8. The zero-order valence-electron chi connectivity index (χ0n) is 17.5. The molecule has 4 aromatic rings. The normalized spacial score (nSPS) is 20.8. The van der Waals surface area contributed by atoms with Gasteiger partial charge >= 0.3 is 0 Å². The van der Waals surface area contributed by atoms with Crippen molar-refractivity contribution < 1.29 is 14.6 Å². The van der Waals surface area contributed by atoms with Gasteiger partial charge < -0.3 is 25.0 Å². The van der Waals surface area contributed by atoms with Gasteiger partial charge in [0, 0.05) is 36.5 Å². The fourth-order valence-electron chi connectivity index (χ4n) is 4.29. The first-order valence-corrected chi connectivity index (χ1v) is 10.7. The number of aliphatic hydroxyl groups excluding tert-OH is 1. The lowest BCUT2D eigenvalue weighted by molar-refractivity contribution is -0.0215. The number of anilines is 1. The number of rotatable bonds is 5. The van der Waals surface area contributed by atoms with Crippen molar-refractivity contribution in [3.63, 3.8) is 0 Å². The van der Waals surface area contributed by atoms with Crippen LogP contribution in [0.25, 0.3) is 27.9 Å². The summed E-state index contributed by atoms with van der Waals surface area (Å²) in [4.78, 5) is 22.3. The Kier molecular flexibility index (Phi) is 4.37. The maximum atomic E-state index is 12.9. The number of carbonyl (C=O) groups excluding carboxylic acids is 1. The van der Waals surface area contributed by atoms with Gasteiger partial charge in [0.25, 0.3) is 5.91 Å². The van der Waals surface area contributed by atoms with Gasteiger partial charge in [0.1, 0.15) is 17.0 Å². The summed E-state index contributed by atoms with van der Waals surface area (Å²) in [5.74, 6) is 0.427. The second-order valence-corrected chi connectivity index (χ2v) is 8.31. The number of nitrogens with zero attached hydrogens (tertiary/aromatic N) is 5. The van der Waals surface area contributed by atoms with Gasteiger partial charge in [-0.25, -0.2) is 9.97 Å². The molecule has 0 bridgehead atoms. The summed E-state index contributed by atoms with van der Waals surface area (Å²) in [7, 11) is 1.81. The van der Waals surface area contributed by atoms with Crippen molar-refractivity contribution in [2.75, 3.05) is 25.6 Å². The largest absolute Gasteiger partial charge is 0.391 e. The van der Waals surface area contributed by atoms with Crippen LogP contribution in [0.4, 0.5) is 5.82 Å². The van der Waals surface area contributed by atoms with Crippen LogP contribution in [0.3, 0.4) is 0 Å². The Morgan fingerprint density at radius 3 is 2.84 bits per heavy atom. The van der Waals surface area contributed by atoms with E-state index in [1.54, 1.807) is 17.8 Å². The predicted octanol–water partition coefficient (Wildman–Crippen LogP) is 1.61. The van der Waals surface area contributed by atoms with Gasteiger partial charge in [0.05, 0.1) is 43.3 Å². The van der Waals surface area contributed by atoms with E-state index in [4.69, 9.17) is 9.72 Å². The molecule has 1 amide bonds. The average molecular weight is 433 g/mol. The van der Waals surface area contributed by atoms with E-state index in [9.17, 15) is 9.90 Å². The number of pyridine rings is 1. The summed E-state index contributed by atoms with van der Waals surface area (Å²) < 4.78 is 9.14. The fourth-order valence-corrected chi connectivity index (χ4v) is 4.29. The molecule has 0 aromatic carbocycles. The Morgan fingerprint density at radius 1 is 1.28 bits per heavy atom. The summed E-state index contributed by atoms with van der Waals surface area (Å²) in [5, 5.41) is 21.2. The summed E-state index contributed by atoms with van der Waals surface area (Å²) in [6.45, 7) is 1.32. The standard InChI is InChI=1S/C22H23N7O3/c1-23-19-7-17(15-9-28(12-10-32-11-12)20-13(15)3-2-6-24-20)26-21-14(8-25-29(19)21)22(31)27-16-4-5-18(16)30/h2-3,6-9,12,16,18,23,30H,4-5,10-11H2,1H3,(H,27,31)/t16?,18-/m1/s1. The van der Waals surface area contributed by atoms with E-state index >= 15 is 0 Å². The van der Waals surface area contributed by atoms with E-state index in [2.05, 4.69) is 31.5 Å². The van der Waals surface area contributed by atoms with Crippen LogP contribution in [0, 0.1) is 0 Å². The van der Waals surface area contributed by atoms with Crippen molar-refractivity contribution in [3.8, 4) is 11.3 Å². The maximum Gasteiger partial charge on any atom is 0.257 e. The van der Waals surface area contributed by atoms with Crippen LogP contribution in [0.5, 0.6) is 0 Å². The minimum absolute atomic E-state index is 0.224. The monoisotopic (exact) mass is 433 g/mol. The molecule has 0 spiro atoms. The van der Waals surface area contributed by atoms with Gasteiger partial charge in [-0.15, -0.1) is 0 Å². The third-order valence-electron chi connectivity index (χ3n) is 6.41. The molecular weight excluding hydrogens is 410 g/mol. The smallest absolute Gasteiger partial charge is 0.257 e. The fraction of sp³-hybridized carbons (Fsp3) is 0.364. The summed E-state index contributed by atoms with van der Waals surface area (Å²) in [6.07, 6.45) is 6.34. The number of aliphatic hydroxyl groups is 1. The molecule has 4 aromatic heterocycles. The number of carbonyl (C=O) groups is 1. The van der Waals surface area contributed by atoms with Gasteiger partial charge in [-0.05, 0) is 25.0 Å². The number of hydrogen-bond donors (Lipinski definition) is 3. The molecule has 1 unspecified atom stereocenters. The molecule has 5 heterocycles. The first-order chi connectivity index (χ1) is 15.6. The molecule has 2 atom stereocenters. The Hall–Kier alpha value is -3.50. The van der Waals surface area contributed by atoms with Crippen LogP contribution in [-0.4, -0.2) is 67.6 Å². The molecular formula is C22H23N7O3. The Labute approximate surface area is 183 Å². The van der Waals surface area contributed by atoms with Crippen molar-refractivity contribution in [2.45, 2.75) is 31.0 Å². The number of hydrogen-bond acceptors (Lipinski definition) is 7. The summed E-state index contributed by atoms with van der Waals surface area (Å²) in [5.41, 5.74) is 3.36. The molecule has 2 aliphatic rings. The molecule has 1 saturated heterocycles. The third-order valence-corrected chi connectivity index (χ3v) is 6.41. The summed E-state index contributed by atoms with van der Waals surface area (Å²) >= 11 is 0. The van der Waals surface area contributed by atoms with E-state index in [1.807, 2.05) is 18.2 Å². The Balaban J connectivity index is 1.48. The van der Waals surface area contributed by atoms with E-state index in [0.29, 0.717) is 36.7 Å².